The van der Waals surface area contributed by atoms with Gasteiger partial charge in [0.1, 0.15) is 11.6 Å². The predicted molar refractivity (Wildman–Crippen MR) is 88.8 cm³/mol. The van der Waals surface area contributed by atoms with Crippen LogP contribution in [0.15, 0.2) is 40.2 Å². The van der Waals surface area contributed by atoms with E-state index in [2.05, 4.69) is 15.5 Å². The maximum absolute atomic E-state index is 13.7. The van der Waals surface area contributed by atoms with Crippen LogP contribution in [0.25, 0.3) is 10.7 Å². The number of aromatic nitrogens is 2. The first-order valence-electron chi connectivity index (χ1n) is 7.63. The fourth-order valence-corrected chi connectivity index (χ4v) is 2.98. The van der Waals surface area contributed by atoms with Crippen LogP contribution in [0, 0.1) is 11.6 Å². The SMILES string of the molecule is CC(NC(=O)CCc1nc(-c2cccs2)no1)c1ccc(F)cc1F. The molecule has 1 unspecified atom stereocenters. The van der Waals surface area contributed by atoms with Crippen LogP contribution in [0.1, 0.15) is 30.8 Å². The fourth-order valence-electron chi connectivity index (χ4n) is 2.33. The molecule has 0 radical (unpaired) electrons. The smallest absolute Gasteiger partial charge is 0.227 e. The molecule has 0 saturated carbocycles. The highest BCUT2D eigenvalue weighted by molar-refractivity contribution is 7.13. The molecule has 1 N–H and O–H groups in total. The van der Waals surface area contributed by atoms with Gasteiger partial charge in [0.2, 0.25) is 17.6 Å². The monoisotopic (exact) mass is 363 g/mol. The van der Waals surface area contributed by atoms with Gasteiger partial charge in [0.25, 0.3) is 0 Å². The van der Waals surface area contributed by atoms with E-state index in [-0.39, 0.29) is 24.3 Å². The molecule has 3 aromatic rings. The molecule has 0 bridgehead atoms. The van der Waals surface area contributed by atoms with Crippen LogP contribution in [-0.2, 0) is 11.2 Å². The van der Waals surface area contributed by atoms with Crippen LogP contribution in [0.2, 0.25) is 0 Å². The third-order valence-corrected chi connectivity index (χ3v) is 4.45. The van der Waals surface area contributed by atoms with Gasteiger partial charge in [-0.25, -0.2) is 8.78 Å². The maximum Gasteiger partial charge on any atom is 0.227 e. The van der Waals surface area contributed by atoms with E-state index in [0.29, 0.717) is 11.7 Å². The number of thiophene rings is 1. The van der Waals surface area contributed by atoms with E-state index in [1.807, 2.05) is 17.5 Å². The van der Waals surface area contributed by atoms with E-state index in [9.17, 15) is 13.6 Å². The largest absolute Gasteiger partial charge is 0.349 e. The molecule has 1 atom stereocenters. The number of benzene rings is 1. The number of aryl methyl sites for hydroxylation is 1. The van der Waals surface area contributed by atoms with Crippen molar-refractivity contribution in [2.24, 2.45) is 0 Å². The molecule has 8 heteroatoms. The Morgan fingerprint density at radius 3 is 2.92 bits per heavy atom. The number of amides is 1. The first-order valence-corrected chi connectivity index (χ1v) is 8.51. The molecule has 2 aromatic heterocycles. The Bertz CT molecular complexity index is 865. The van der Waals surface area contributed by atoms with Gasteiger partial charge < -0.3 is 9.84 Å². The predicted octanol–water partition coefficient (Wildman–Crippen LogP) is 3.89. The van der Waals surface area contributed by atoms with Gasteiger partial charge in [-0.15, -0.1) is 11.3 Å². The van der Waals surface area contributed by atoms with Crippen LogP contribution >= 0.6 is 11.3 Å². The summed E-state index contributed by atoms with van der Waals surface area (Å²) < 4.78 is 31.8. The molecule has 0 saturated heterocycles. The minimum absolute atomic E-state index is 0.124. The first kappa shape index (κ1) is 17.2. The summed E-state index contributed by atoms with van der Waals surface area (Å²) in [6.07, 6.45) is 0.405. The normalized spacial score (nSPS) is 12.1. The number of halogens is 2. The van der Waals surface area contributed by atoms with Gasteiger partial charge in [0.05, 0.1) is 10.9 Å². The topological polar surface area (TPSA) is 68.0 Å². The Morgan fingerprint density at radius 2 is 2.20 bits per heavy atom. The van der Waals surface area contributed by atoms with Gasteiger partial charge in [-0.05, 0) is 24.4 Å². The molecule has 1 amide bonds. The second kappa shape index (κ2) is 7.52. The second-order valence-electron chi connectivity index (χ2n) is 5.44. The summed E-state index contributed by atoms with van der Waals surface area (Å²) in [4.78, 5) is 17.1. The van der Waals surface area contributed by atoms with E-state index in [1.165, 1.54) is 17.4 Å². The van der Waals surface area contributed by atoms with E-state index in [4.69, 9.17) is 4.52 Å². The van der Waals surface area contributed by atoms with Crippen molar-refractivity contribution in [1.82, 2.24) is 15.5 Å². The van der Waals surface area contributed by atoms with Crippen molar-refractivity contribution >= 4 is 17.2 Å². The standard InChI is InChI=1S/C17H15F2N3O2S/c1-10(12-5-4-11(18)9-13(12)19)20-15(23)6-7-16-21-17(22-24-16)14-3-2-8-25-14/h2-5,8-10H,6-7H2,1H3,(H,20,23). The molecule has 3 rings (SSSR count). The molecular weight excluding hydrogens is 348 g/mol. The zero-order valence-corrected chi connectivity index (χ0v) is 14.1. The number of hydrogen-bond acceptors (Lipinski definition) is 5. The number of rotatable bonds is 6. The zero-order valence-electron chi connectivity index (χ0n) is 13.3. The number of carbonyl (C=O) groups is 1. The molecule has 1 aromatic carbocycles. The van der Waals surface area contributed by atoms with Crippen LogP contribution in [0.3, 0.4) is 0 Å². The summed E-state index contributed by atoms with van der Waals surface area (Å²) in [6, 6.07) is 6.47. The van der Waals surface area contributed by atoms with Crippen molar-refractivity contribution in [3.8, 4) is 10.7 Å². The second-order valence-corrected chi connectivity index (χ2v) is 6.39. The molecular formula is C17H15F2N3O2S. The molecule has 0 aliphatic carbocycles. The molecule has 2 heterocycles. The Labute approximate surface area is 146 Å². The van der Waals surface area contributed by atoms with Gasteiger partial charge in [-0.2, -0.15) is 4.98 Å². The van der Waals surface area contributed by atoms with E-state index >= 15 is 0 Å². The third kappa shape index (κ3) is 4.27. The van der Waals surface area contributed by atoms with Crippen LogP contribution < -0.4 is 5.32 Å². The van der Waals surface area contributed by atoms with Crippen LogP contribution in [0.5, 0.6) is 0 Å². The van der Waals surface area contributed by atoms with Gasteiger partial charge in [0, 0.05) is 24.5 Å². The van der Waals surface area contributed by atoms with Gasteiger partial charge in [-0.3, -0.25) is 4.79 Å². The van der Waals surface area contributed by atoms with Crippen molar-refractivity contribution in [2.45, 2.75) is 25.8 Å². The van der Waals surface area contributed by atoms with Crippen molar-refractivity contribution in [2.75, 3.05) is 0 Å². The number of nitrogens with zero attached hydrogens (tertiary/aromatic N) is 2. The zero-order chi connectivity index (χ0) is 17.8. The summed E-state index contributed by atoms with van der Waals surface area (Å²) in [5, 5.41) is 8.46. The highest BCUT2D eigenvalue weighted by Gasteiger charge is 2.16. The van der Waals surface area contributed by atoms with Crippen LogP contribution in [-0.4, -0.2) is 16.0 Å². The quantitative estimate of drug-likeness (QED) is 0.721. The molecule has 5 nitrogen and oxygen atoms in total. The van der Waals surface area contributed by atoms with Gasteiger partial charge >= 0.3 is 0 Å². The highest BCUT2D eigenvalue weighted by Crippen LogP contribution is 2.22. The molecule has 25 heavy (non-hydrogen) atoms. The molecule has 130 valence electrons. The summed E-state index contributed by atoms with van der Waals surface area (Å²) in [7, 11) is 0. The average Bonchev–Trinajstić information content (AvgIpc) is 3.24. The number of hydrogen-bond donors (Lipinski definition) is 1. The van der Waals surface area contributed by atoms with Crippen molar-refractivity contribution in [3.63, 3.8) is 0 Å². The lowest BCUT2D eigenvalue weighted by atomic mass is 10.1. The Balaban J connectivity index is 1.54. The molecule has 0 spiro atoms. The Morgan fingerprint density at radius 1 is 1.36 bits per heavy atom. The molecule has 0 fully saturated rings. The summed E-state index contributed by atoms with van der Waals surface area (Å²) in [5.41, 5.74) is 0.229. The summed E-state index contributed by atoms with van der Waals surface area (Å²) in [5.74, 6) is -0.776. The van der Waals surface area contributed by atoms with Gasteiger partial charge in [0.15, 0.2) is 0 Å². The minimum atomic E-state index is -0.690. The van der Waals surface area contributed by atoms with Crippen LogP contribution in [0.4, 0.5) is 8.78 Å². The number of carbonyl (C=O) groups excluding carboxylic acids is 1. The average molecular weight is 363 g/mol. The van der Waals surface area contributed by atoms with Gasteiger partial charge in [-0.1, -0.05) is 17.3 Å². The first-order chi connectivity index (χ1) is 12.0. The van der Waals surface area contributed by atoms with E-state index in [0.717, 1.165) is 17.0 Å². The highest BCUT2D eigenvalue weighted by atomic mass is 32.1. The Kier molecular flexibility index (Phi) is 5.18. The summed E-state index contributed by atoms with van der Waals surface area (Å²) >= 11 is 1.50. The maximum atomic E-state index is 13.7. The summed E-state index contributed by atoms with van der Waals surface area (Å²) in [6.45, 7) is 1.63. The van der Waals surface area contributed by atoms with Crippen molar-refractivity contribution in [1.29, 1.82) is 0 Å². The molecule has 0 aliphatic rings. The van der Waals surface area contributed by atoms with Crippen molar-refractivity contribution < 1.29 is 18.1 Å². The van der Waals surface area contributed by atoms with E-state index < -0.39 is 17.7 Å². The fraction of sp³-hybridized carbons (Fsp3) is 0.235. The van der Waals surface area contributed by atoms with Crippen molar-refractivity contribution in [3.05, 3.63) is 58.8 Å². The Hall–Kier alpha value is -2.61. The lowest BCUT2D eigenvalue weighted by molar-refractivity contribution is -0.121. The molecule has 0 aliphatic heterocycles. The van der Waals surface area contributed by atoms with E-state index in [1.54, 1.807) is 6.92 Å². The lowest BCUT2D eigenvalue weighted by Gasteiger charge is -2.14. The lowest BCUT2D eigenvalue weighted by Crippen LogP contribution is -2.27. The number of nitrogens with one attached hydrogen (secondary N) is 1. The third-order valence-electron chi connectivity index (χ3n) is 3.58. The minimum Gasteiger partial charge on any atom is -0.349 e.